The van der Waals surface area contributed by atoms with Gasteiger partial charge in [0, 0.05) is 19.6 Å². The van der Waals surface area contributed by atoms with Crippen LogP contribution in [-0.4, -0.2) is 71.1 Å². The van der Waals surface area contributed by atoms with Crippen LogP contribution in [0.3, 0.4) is 0 Å². The van der Waals surface area contributed by atoms with Crippen LogP contribution in [0, 0.1) is 0 Å². The topological polar surface area (TPSA) is 87.2 Å². The number of carboxylic acids is 1. The molecule has 0 saturated carbocycles. The zero-order valence-corrected chi connectivity index (χ0v) is 15.6. The average Bonchev–Trinajstić information content (AvgIpc) is 2.82. The zero-order chi connectivity index (χ0) is 19.4. The third-order valence-corrected chi connectivity index (χ3v) is 5.54. The average molecular weight is 374 g/mol. The molecule has 27 heavy (non-hydrogen) atoms. The molecule has 0 radical (unpaired) electrons. The first-order valence-corrected chi connectivity index (χ1v) is 9.37. The van der Waals surface area contributed by atoms with Gasteiger partial charge in [0.15, 0.2) is 0 Å². The molecule has 2 unspecified atom stereocenters. The number of aliphatic carboxylic acids is 1. The maximum absolute atomic E-state index is 13.0. The van der Waals surface area contributed by atoms with Gasteiger partial charge in [0.2, 0.25) is 11.8 Å². The third kappa shape index (κ3) is 4.47. The number of benzene rings is 1. The molecule has 0 bridgehead atoms. The molecule has 3 rings (SSSR count). The summed E-state index contributed by atoms with van der Waals surface area (Å²) in [5.74, 6) is -1.52. The van der Waals surface area contributed by atoms with Gasteiger partial charge in [0.25, 0.3) is 0 Å². The summed E-state index contributed by atoms with van der Waals surface area (Å²) in [7, 11) is 0. The summed E-state index contributed by atoms with van der Waals surface area (Å²) in [6, 6.07) is 9.68. The summed E-state index contributed by atoms with van der Waals surface area (Å²) >= 11 is 0. The van der Waals surface area contributed by atoms with Crippen LogP contribution in [0.1, 0.15) is 37.7 Å². The molecule has 0 aliphatic carbocycles. The number of likely N-dealkylation sites (tertiary alicyclic amines) is 1. The van der Waals surface area contributed by atoms with Gasteiger partial charge < -0.3 is 19.6 Å². The largest absolute Gasteiger partial charge is 0.480 e. The molecule has 1 N–H and O–H groups in total. The fourth-order valence-corrected chi connectivity index (χ4v) is 3.94. The highest BCUT2D eigenvalue weighted by atomic mass is 16.5. The van der Waals surface area contributed by atoms with Crippen LogP contribution in [-0.2, 0) is 19.1 Å². The standard InChI is InChI=1S/C20H26N2O5/c1-15(16-6-3-2-4-7-16)19(26)22-10-5-8-20(14-22)9-11-21(12-18(24)25)17(23)13-27-20/h2-4,6-7,15H,5,8-14H2,1H3,(H,24,25). The smallest absolute Gasteiger partial charge is 0.323 e. The van der Waals surface area contributed by atoms with Gasteiger partial charge in [-0.25, -0.2) is 0 Å². The molecule has 1 aromatic rings. The second-order valence-electron chi connectivity index (χ2n) is 7.43. The molecule has 2 amide bonds. The van der Waals surface area contributed by atoms with Crippen LogP contribution in [0.4, 0.5) is 0 Å². The third-order valence-electron chi connectivity index (χ3n) is 5.54. The second-order valence-corrected chi connectivity index (χ2v) is 7.43. The van der Waals surface area contributed by atoms with E-state index in [1.807, 2.05) is 42.2 Å². The Morgan fingerprint density at radius 2 is 1.96 bits per heavy atom. The van der Waals surface area contributed by atoms with E-state index >= 15 is 0 Å². The normalized spacial score (nSPS) is 24.6. The van der Waals surface area contributed by atoms with E-state index in [-0.39, 0.29) is 30.9 Å². The number of carbonyl (C=O) groups is 3. The van der Waals surface area contributed by atoms with Crippen molar-refractivity contribution in [1.82, 2.24) is 9.80 Å². The molecular formula is C20H26N2O5. The van der Waals surface area contributed by atoms with E-state index in [4.69, 9.17) is 9.84 Å². The van der Waals surface area contributed by atoms with Crippen molar-refractivity contribution in [2.75, 3.05) is 32.8 Å². The Bertz CT molecular complexity index is 708. The Labute approximate surface area is 158 Å². The SMILES string of the molecule is CC(C(=O)N1CCCC2(CCN(CC(=O)O)C(=O)CO2)C1)c1ccccc1. The highest BCUT2D eigenvalue weighted by Gasteiger charge is 2.42. The molecule has 2 fully saturated rings. The second kappa shape index (κ2) is 8.08. The number of hydrogen-bond donors (Lipinski definition) is 1. The molecule has 7 nitrogen and oxygen atoms in total. The van der Waals surface area contributed by atoms with Crippen molar-refractivity contribution < 1.29 is 24.2 Å². The number of ether oxygens (including phenoxy) is 1. The first-order chi connectivity index (χ1) is 12.9. The van der Waals surface area contributed by atoms with Crippen molar-refractivity contribution in [1.29, 1.82) is 0 Å². The highest BCUT2D eigenvalue weighted by Crippen LogP contribution is 2.32. The monoisotopic (exact) mass is 374 g/mol. The fraction of sp³-hybridized carbons (Fsp3) is 0.550. The number of rotatable bonds is 4. The number of carboxylic acid groups (broad SMARTS) is 1. The molecular weight excluding hydrogens is 348 g/mol. The maximum atomic E-state index is 13.0. The van der Waals surface area contributed by atoms with Crippen molar-refractivity contribution in [3.63, 3.8) is 0 Å². The van der Waals surface area contributed by atoms with E-state index in [0.29, 0.717) is 26.1 Å². The molecule has 2 atom stereocenters. The molecule has 0 aromatic heterocycles. The predicted molar refractivity (Wildman–Crippen MR) is 98.2 cm³/mol. The van der Waals surface area contributed by atoms with E-state index in [0.717, 1.165) is 18.4 Å². The lowest BCUT2D eigenvalue weighted by atomic mass is 9.88. The van der Waals surface area contributed by atoms with Gasteiger partial charge >= 0.3 is 5.97 Å². The van der Waals surface area contributed by atoms with Crippen LogP contribution < -0.4 is 0 Å². The van der Waals surface area contributed by atoms with Crippen LogP contribution in [0.15, 0.2) is 30.3 Å². The van der Waals surface area contributed by atoms with E-state index in [1.165, 1.54) is 4.90 Å². The first-order valence-electron chi connectivity index (χ1n) is 9.37. The zero-order valence-electron chi connectivity index (χ0n) is 15.6. The number of nitrogens with zero attached hydrogens (tertiary/aromatic N) is 2. The summed E-state index contributed by atoms with van der Waals surface area (Å²) in [5.41, 5.74) is 0.402. The summed E-state index contributed by atoms with van der Waals surface area (Å²) < 4.78 is 5.94. The minimum atomic E-state index is -1.03. The summed E-state index contributed by atoms with van der Waals surface area (Å²) in [6.45, 7) is 2.91. The first kappa shape index (κ1) is 19.4. The molecule has 2 aliphatic rings. The van der Waals surface area contributed by atoms with Crippen molar-refractivity contribution in [3.8, 4) is 0 Å². The number of amides is 2. The van der Waals surface area contributed by atoms with E-state index in [1.54, 1.807) is 0 Å². The molecule has 1 spiro atoms. The summed E-state index contributed by atoms with van der Waals surface area (Å²) in [6.07, 6.45) is 2.11. The number of hydrogen-bond acceptors (Lipinski definition) is 4. The lowest BCUT2D eigenvalue weighted by Crippen LogP contribution is -2.53. The van der Waals surface area contributed by atoms with Crippen molar-refractivity contribution in [3.05, 3.63) is 35.9 Å². The van der Waals surface area contributed by atoms with Gasteiger partial charge in [-0.2, -0.15) is 0 Å². The Balaban J connectivity index is 1.69. The summed E-state index contributed by atoms with van der Waals surface area (Å²) in [4.78, 5) is 39.3. The fourth-order valence-electron chi connectivity index (χ4n) is 3.94. The lowest BCUT2D eigenvalue weighted by molar-refractivity contribution is -0.150. The Hall–Kier alpha value is -2.41. The van der Waals surface area contributed by atoms with Crippen LogP contribution in [0.5, 0.6) is 0 Å². The van der Waals surface area contributed by atoms with Gasteiger partial charge in [-0.15, -0.1) is 0 Å². The lowest BCUT2D eigenvalue weighted by Gasteiger charge is -2.42. The molecule has 1 aromatic carbocycles. The highest BCUT2D eigenvalue weighted by molar-refractivity contribution is 5.84. The van der Waals surface area contributed by atoms with Crippen molar-refractivity contribution in [2.24, 2.45) is 0 Å². The van der Waals surface area contributed by atoms with Gasteiger partial charge in [0.05, 0.1) is 11.5 Å². The maximum Gasteiger partial charge on any atom is 0.323 e. The van der Waals surface area contributed by atoms with Crippen LogP contribution in [0.2, 0.25) is 0 Å². The summed E-state index contributed by atoms with van der Waals surface area (Å²) in [5, 5.41) is 8.97. The van der Waals surface area contributed by atoms with Crippen molar-refractivity contribution >= 4 is 17.8 Å². The predicted octanol–water partition coefficient (Wildman–Crippen LogP) is 1.48. The van der Waals surface area contributed by atoms with Gasteiger partial charge in [-0.3, -0.25) is 14.4 Å². The number of carbonyl (C=O) groups excluding carboxylic acids is 2. The van der Waals surface area contributed by atoms with Crippen molar-refractivity contribution in [2.45, 2.75) is 37.7 Å². The quantitative estimate of drug-likeness (QED) is 0.863. The number of piperidine rings is 1. The molecule has 146 valence electrons. The van der Waals surface area contributed by atoms with Crippen LogP contribution in [0.25, 0.3) is 0 Å². The molecule has 7 heteroatoms. The minimum absolute atomic E-state index is 0.0573. The van der Waals surface area contributed by atoms with E-state index in [9.17, 15) is 14.4 Å². The Kier molecular flexibility index (Phi) is 5.79. The molecule has 2 heterocycles. The van der Waals surface area contributed by atoms with Gasteiger partial charge in [-0.1, -0.05) is 30.3 Å². The van der Waals surface area contributed by atoms with Crippen LogP contribution >= 0.6 is 0 Å². The van der Waals surface area contributed by atoms with Gasteiger partial charge in [0.1, 0.15) is 13.2 Å². The molecule has 2 saturated heterocycles. The Morgan fingerprint density at radius 1 is 1.22 bits per heavy atom. The van der Waals surface area contributed by atoms with Gasteiger partial charge in [-0.05, 0) is 31.7 Å². The van der Waals surface area contributed by atoms with E-state index in [2.05, 4.69) is 0 Å². The molecule has 2 aliphatic heterocycles. The van der Waals surface area contributed by atoms with E-state index < -0.39 is 11.6 Å². The minimum Gasteiger partial charge on any atom is -0.480 e. The Morgan fingerprint density at radius 3 is 2.67 bits per heavy atom.